The fourth-order valence-electron chi connectivity index (χ4n) is 2.01. The van der Waals surface area contributed by atoms with E-state index in [-0.39, 0.29) is 10.1 Å². The summed E-state index contributed by atoms with van der Waals surface area (Å²) in [7, 11) is -2.10. The Morgan fingerprint density at radius 2 is 1.95 bits per heavy atom. The molecule has 2 N–H and O–H groups in total. The fraction of sp³-hybridized carbons (Fsp3) is 0.267. The van der Waals surface area contributed by atoms with Gasteiger partial charge in [0.05, 0.1) is 5.69 Å². The van der Waals surface area contributed by atoms with Crippen LogP contribution in [0.3, 0.4) is 0 Å². The molecule has 0 aliphatic rings. The molecule has 2 rings (SSSR count). The summed E-state index contributed by atoms with van der Waals surface area (Å²) in [4.78, 5) is 12.8. The van der Waals surface area contributed by atoms with E-state index in [1.807, 2.05) is 13.0 Å². The molecule has 0 atom stereocenters. The Bertz CT molecular complexity index is 795. The van der Waals surface area contributed by atoms with Gasteiger partial charge in [-0.05, 0) is 43.2 Å². The van der Waals surface area contributed by atoms with Crippen LogP contribution in [0.25, 0.3) is 0 Å². The van der Waals surface area contributed by atoms with Crippen molar-refractivity contribution < 1.29 is 13.2 Å². The van der Waals surface area contributed by atoms with Crippen molar-refractivity contribution in [2.24, 2.45) is 0 Å². The zero-order chi connectivity index (χ0) is 16.3. The molecule has 1 heterocycles. The molecule has 0 saturated carbocycles. The minimum absolute atomic E-state index is 0.247. The predicted octanol–water partition coefficient (Wildman–Crippen LogP) is 2.78. The number of sulfonamides is 1. The van der Waals surface area contributed by atoms with Crippen LogP contribution in [-0.2, 0) is 16.4 Å². The Morgan fingerprint density at radius 1 is 1.23 bits per heavy atom. The molecule has 1 aromatic heterocycles. The van der Waals surface area contributed by atoms with Gasteiger partial charge in [-0.25, -0.2) is 8.42 Å². The van der Waals surface area contributed by atoms with Crippen LogP contribution in [0.4, 0.5) is 5.69 Å². The summed E-state index contributed by atoms with van der Waals surface area (Å²) in [6, 6.07) is 8.37. The van der Waals surface area contributed by atoms with E-state index in [9.17, 15) is 13.2 Å². The molecule has 118 valence electrons. The average Bonchev–Trinajstić information content (AvgIpc) is 2.98. The number of thiophene rings is 1. The van der Waals surface area contributed by atoms with Gasteiger partial charge in [0.15, 0.2) is 0 Å². The summed E-state index contributed by atoms with van der Waals surface area (Å²) in [5.41, 5.74) is 1.45. The summed E-state index contributed by atoms with van der Waals surface area (Å²) in [5, 5.41) is 2.54. The number of anilines is 1. The minimum atomic E-state index is -3.64. The van der Waals surface area contributed by atoms with Gasteiger partial charge in [-0.1, -0.05) is 13.0 Å². The van der Waals surface area contributed by atoms with Gasteiger partial charge in [0.2, 0.25) is 0 Å². The molecule has 0 aliphatic carbocycles. The Morgan fingerprint density at radius 3 is 2.55 bits per heavy atom. The van der Waals surface area contributed by atoms with Crippen molar-refractivity contribution in [3.63, 3.8) is 0 Å². The van der Waals surface area contributed by atoms with Gasteiger partial charge >= 0.3 is 0 Å². The molecule has 0 spiro atoms. The van der Waals surface area contributed by atoms with E-state index in [2.05, 4.69) is 10.0 Å². The van der Waals surface area contributed by atoms with Crippen LogP contribution in [0.5, 0.6) is 0 Å². The second-order valence-corrected chi connectivity index (χ2v) is 7.81. The molecular weight excluding hydrogens is 320 g/mol. The fourth-order valence-corrected chi connectivity index (χ4v) is 4.43. The Labute approximate surface area is 134 Å². The van der Waals surface area contributed by atoms with Crippen molar-refractivity contribution in [3.05, 3.63) is 46.3 Å². The molecule has 0 radical (unpaired) electrons. The lowest BCUT2D eigenvalue weighted by Gasteiger charge is -2.12. The maximum Gasteiger partial charge on any atom is 0.271 e. The first-order valence-corrected chi connectivity index (χ1v) is 9.12. The maximum atomic E-state index is 12.4. The highest BCUT2D eigenvalue weighted by atomic mass is 32.2. The van der Waals surface area contributed by atoms with E-state index in [1.54, 1.807) is 31.2 Å². The normalized spacial score (nSPS) is 11.2. The third-order valence-corrected chi connectivity index (χ3v) is 6.39. The van der Waals surface area contributed by atoms with E-state index in [4.69, 9.17) is 0 Å². The summed E-state index contributed by atoms with van der Waals surface area (Å²) >= 11 is 1.25. The number of aryl methyl sites for hydroxylation is 1. The van der Waals surface area contributed by atoms with Crippen molar-refractivity contribution in [3.8, 4) is 0 Å². The summed E-state index contributed by atoms with van der Waals surface area (Å²) in [5.74, 6) is -0.247. The number of hydrogen-bond acceptors (Lipinski definition) is 4. The largest absolute Gasteiger partial charge is 0.355 e. The number of benzene rings is 1. The van der Waals surface area contributed by atoms with Gasteiger partial charge in [-0.15, -0.1) is 11.3 Å². The highest BCUT2D eigenvalue weighted by Crippen LogP contribution is 2.26. The first-order valence-electron chi connectivity index (χ1n) is 6.82. The van der Waals surface area contributed by atoms with E-state index in [1.165, 1.54) is 18.4 Å². The SMILES string of the molecule is CCc1ccc(S(=O)(=O)Nc2cccc(C(=O)NC)c2C)s1. The van der Waals surface area contributed by atoms with Crippen LogP contribution >= 0.6 is 11.3 Å². The standard InChI is InChI=1S/C15H18N2O3S2/c1-4-11-8-9-14(21-11)22(19,20)17-13-7-5-6-12(10(13)2)15(18)16-3/h5-9,17H,4H2,1-3H3,(H,16,18). The molecule has 1 amide bonds. The smallest absolute Gasteiger partial charge is 0.271 e. The number of hydrogen-bond donors (Lipinski definition) is 2. The molecule has 0 bridgehead atoms. The lowest BCUT2D eigenvalue weighted by atomic mass is 10.1. The molecule has 22 heavy (non-hydrogen) atoms. The summed E-state index contributed by atoms with van der Waals surface area (Å²) in [6.45, 7) is 3.70. The van der Waals surface area contributed by atoms with Crippen molar-refractivity contribution in [1.82, 2.24) is 5.32 Å². The van der Waals surface area contributed by atoms with Gasteiger partial charge < -0.3 is 5.32 Å². The third kappa shape index (κ3) is 3.31. The van der Waals surface area contributed by atoms with E-state index >= 15 is 0 Å². The highest BCUT2D eigenvalue weighted by molar-refractivity contribution is 7.94. The number of nitrogens with one attached hydrogen (secondary N) is 2. The van der Waals surface area contributed by atoms with Gasteiger partial charge in [-0.3, -0.25) is 9.52 Å². The number of carbonyl (C=O) groups is 1. The average molecular weight is 338 g/mol. The minimum Gasteiger partial charge on any atom is -0.355 e. The van der Waals surface area contributed by atoms with Crippen molar-refractivity contribution in [1.29, 1.82) is 0 Å². The van der Waals surface area contributed by atoms with E-state index in [0.717, 1.165) is 11.3 Å². The van der Waals surface area contributed by atoms with E-state index < -0.39 is 10.0 Å². The van der Waals surface area contributed by atoms with E-state index in [0.29, 0.717) is 16.8 Å². The second-order valence-electron chi connectivity index (χ2n) is 4.74. The molecular formula is C15H18N2O3S2. The Hall–Kier alpha value is -1.86. The highest BCUT2D eigenvalue weighted by Gasteiger charge is 2.19. The second kappa shape index (κ2) is 6.50. The maximum absolute atomic E-state index is 12.4. The zero-order valence-electron chi connectivity index (χ0n) is 12.6. The van der Waals surface area contributed by atoms with Crippen LogP contribution in [0.15, 0.2) is 34.5 Å². The van der Waals surface area contributed by atoms with Gasteiger partial charge in [-0.2, -0.15) is 0 Å². The third-order valence-electron chi connectivity index (χ3n) is 3.30. The quantitative estimate of drug-likeness (QED) is 0.880. The van der Waals surface area contributed by atoms with Crippen LogP contribution in [0.2, 0.25) is 0 Å². The number of amides is 1. The van der Waals surface area contributed by atoms with Crippen LogP contribution < -0.4 is 10.0 Å². The first-order chi connectivity index (χ1) is 10.4. The molecule has 1 aromatic carbocycles. The summed E-state index contributed by atoms with van der Waals surface area (Å²) in [6.07, 6.45) is 0.797. The van der Waals surface area contributed by atoms with Crippen molar-refractivity contribution >= 4 is 33.0 Å². The lowest BCUT2D eigenvalue weighted by Crippen LogP contribution is -2.20. The van der Waals surface area contributed by atoms with Crippen LogP contribution in [0, 0.1) is 6.92 Å². The van der Waals surface area contributed by atoms with Gasteiger partial charge in [0, 0.05) is 17.5 Å². The summed E-state index contributed by atoms with van der Waals surface area (Å²) < 4.78 is 27.7. The number of rotatable bonds is 5. The molecule has 0 saturated heterocycles. The molecule has 7 heteroatoms. The molecule has 5 nitrogen and oxygen atoms in total. The lowest BCUT2D eigenvalue weighted by molar-refractivity contribution is 0.0962. The monoisotopic (exact) mass is 338 g/mol. The Balaban J connectivity index is 2.36. The first kappa shape index (κ1) is 16.5. The molecule has 0 fully saturated rings. The van der Waals surface area contributed by atoms with Crippen molar-refractivity contribution in [2.75, 3.05) is 11.8 Å². The number of carbonyl (C=O) groups excluding carboxylic acids is 1. The Kier molecular flexibility index (Phi) is 4.87. The van der Waals surface area contributed by atoms with Crippen LogP contribution in [0.1, 0.15) is 27.7 Å². The molecule has 0 aliphatic heterocycles. The predicted molar refractivity (Wildman–Crippen MR) is 89.1 cm³/mol. The molecule has 0 unspecified atom stereocenters. The van der Waals surface area contributed by atoms with Crippen molar-refractivity contribution in [2.45, 2.75) is 24.5 Å². The van der Waals surface area contributed by atoms with Crippen LogP contribution in [-0.4, -0.2) is 21.4 Å². The van der Waals surface area contributed by atoms with Gasteiger partial charge in [0.1, 0.15) is 4.21 Å². The topological polar surface area (TPSA) is 75.3 Å². The zero-order valence-corrected chi connectivity index (χ0v) is 14.3. The van der Waals surface area contributed by atoms with Gasteiger partial charge in [0.25, 0.3) is 15.9 Å². The molecule has 2 aromatic rings.